The second-order valence-electron chi connectivity index (χ2n) is 8.23. The van der Waals surface area contributed by atoms with Gasteiger partial charge >= 0.3 is 0 Å². The van der Waals surface area contributed by atoms with E-state index in [0.717, 1.165) is 44.2 Å². The lowest BCUT2D eigenvalue weighted by atomic mass is 9.78. The summed E-state index contributed by atoms with van der Waals surface area (Å²) in [5.41, 5.74) is -0.559. The Morgan fingerprint density at radius 3 is 2.62 bits per heavy atom. The van der Waals surface area contributed by atoms with E-state index in [1.807, 2.05) is 6.92 Å². The minimum atomic E-state index is -1.04. The monoisotopic (exact) mass is 363 g/mol. The third-order valence-corrected chi connectivity index (χ3v) is 5.89. The van der Waals surface area contributed by atoms with Crippen molar-refractivity contribution in [2.45, 2.75) is 63.5 Å². The molecule has 7 heteroatoms. The minimum absolute atomic E-state index is 0.0275. The minimum Gasteiger partial charge on any atom is -0.389 e. The Morgan fingerprint density at radius 1 is 1.38 bits per heavy atom. The molecule has 1 amide bonds. The molecular weight excluding hydrogens is 340 g/mol. The van der Waals surface area contributed by atoms with Gasteiger partial charge in [-0.1, -0.05) is 0 Å². The molecule has 1 aromatic heterocycles. The molecule has 26 heavy (non-hydrogen) atoms. The number of nitrogens with zero attached hydrogens (tertiary/aromatic N) is 2. The van der Waals surface area contributed by atoms with Crippen molar-refractivity contribution in [2.75, 3.05) is 5.32 Å². The van der Waals surface area contributed by atoms with Crippen molar-refractivity contribution in [2.24, 2.45) is 5.92 Å². The molecule has 1 heterocycles. The van der Waals surface area contributed by atoms with Gasteiger partial charge in [0, 0.05) is 17.7 Å². The van der Waals surface area contributed by atoms with E-state index in [4.69, 9.17) is 0 Å². The van der Waals surface area contributed by atoms with E-state index in [0.29, 0.717) is 11.0 Å². The van der Waals surface area contributed by atoms with E-state index >= 15 is 0 Å². The van der Waals surface area contributed by atoms with Crippen LogP contribution >= 0.6 is 0 Å². The highest BCUT2D eigenvalue weighted by Gasteiger charge is 2.42. The zero-order chi connectivity index (χ0) is 18.7. The van der Waals surface area contributed by atoms with Crippen molar-refractivity contribution in [3.8, 4) is 0 Å². The highest BCUT2D eigenvalue weighted by molar-refractivity contribution is 5.92. The van der Waals surface area contributed by atoms with Gasteiger partial charge in [0.15, 0.2) is 11.6 Å². The number of hydrogen-bond acceptors (Lipinski definition) is 3. The van der Waals surface area contributed by atoms with Gasteiger partial charge in [0.1, 0.15) is 0 Å². The summed E-state index contributed by atoms with van der Waals surface area (Å²) in [5, 5.41) is 13.2. The van der Waals surface area contributed by atoms with Crippen molar-refractivity contribution in [1.29, 1.82) is 0 Å². The van der Waals surface area contributed by atoms with E-state index in [1.165, 1.54) is 0 Å². The Kier molecular flexibility index (Phi) is 3.84. The molecule has 1 atom stereocenters. The summed E-state index contributed by atoms with van der Waals surface area (Å²) in [6.45, 7) is 3.69. The molecule has 2 aliphatic carbocycles. The first kappa shape index (κ1) is 17.4. The second-order valence-corrected chi connectivity index (χ2v) is 8.23. The summed E-state index contributed by atoms with van der Waals surface area (Å²) in [4.78, 5) is 16.8. The predicted molar refractivity (Wildman–Crippen MR) is 93.7 cm³/mol. The summed E-state index contributed by atoms with van der Waals surface area (Å²) in [7, 11) is 0. The molecule has 0 spiro atoms. The Hall–Kier alpha value is -2.02. The van der Waals surface area contributed by atoms with Gasteiger partial charge in [0.05, 0.1) is 23.1 Å². The third kappa shape index (κ3) is 2.88. The molecule has 0 bridgehead atoms. The molecule has 0 aliphatic heterocycles. The first-order valence-electron chi connectivity index (χ1n) is 9.10. The number of fused-ring (bicyclic) bond motifs is 1. The maximum Gasteiger partial charge on any atom is 0.229 e. The first-order chi connectivity index (χ1) is 12.2. The van der Waals surface area contributed by atoms with E-state index in [-0.39, 0.29) is 29.7 Å². The second kappa shape index (κ2) is 5.74. The molecule has 0 radical (unpaired) electrons. The fourth-order valence-corrected chi connectivity index (χ4v) is 3.96. The fourth-order valence-electron chi connectivity index (χ4n) is 3.96. The van der Waals surface area contributed by atoms with Crippen molar-refractivity contribution >= 4 is 22.9 Å². The number of imidazole rings is 1. The lowest BCUT2D eigenvalue weighted by molar-refractivity contribution is -0.121. The number of anilines is 1. The molecule has 1 aromatic carbocycles. The van der Waals surface area contributed by atoms with Gasteiger partial charge in [-0.25, -0.2) is 13.8 Å². The van der Waals surface area contributed by atoms with Crippen LogP contribution in [0.15, 0.2) is 12.1 Å². The van der Waals surface area contributed by atoms with Crippen LogP contribution in [-0.4, -0.2) is 26.2 Å². The normalized spacial score (nSPS) is 21.3. The standard InChI is InChI=1S/C19H23F2N3O2/c1-18(6-3-7-18)24-15-9-13(21)12(20)8-14(15)22-17(24)23-16(25)10-19(2,26)11-4-5-11/h8-9,11,26H,3-7,10H2,1-2H3,(H,22,23,25)/t19-/m1/s1. The van der Waals surface area contributed by atoms with Crippen LogP contribution in [0.25, 0.3) is 11.0 Å². The molecular formula is C19H23F2N3O2. The van der Waals surface area contributed by atoms with Gasteiger partial charge in [-0.15, -0.1) is 0 Å². The molecule has 0 unspecified atom stereocenters. The molecule has 0 saturated heterocycles. The molecule has 140 valence electrons. The lowest BCUT2D eigenvalue weighted by Crippen LogP contribution is -2.39. The highest BCUT2D eigenvalue weighted by Crippen LogP contribution is 2.44. The molecule has 5 nitrogen and oxygen atoms in total. The van der Waals surface area contributed by atoms with Crippen LogP contribution in [0, 0.1) is 17.6 Å². The number of hydrogen-bond donors (Lipinski definition) is 2. The summed E-state index contributed by atoms with van der Waals surface area (Å²) in [6.07, 6.45) is 4.61. The van der Waals surface area contributed by atoms with Crippen LogP contribution in [-0.2, 0) is 10.3 Å². The number of halogens is 2. The van der Waals surface area contributed by atoms with Gasteiger partial charge in [0.25, 0.3) is 0 Å². The highest BCUT2D eigenvalue weighted by atomic mass is 19.2. The van der Waals surface area contributed by atoms with Gasteiger partial charge in [-0.2, -0.15) is 0 Å². The Labute approximate surface area is 150 Å². The lowest BCUT2D eigenvalue weighted by Gasteiger charge is -2.41. The zero-order valence-electron chi connectivity index (χ0n) is 15.0. The molecule has 2 aromatic rings. The smallest absolute Gasteiger partial charge is 0.229 e. The number of aliphatic hydroxyl groups is 1. The predicted octanol–water partition coefficient (Wildman–Crippen LogP) is 3.70. The number of benzene rings is 1. The maximum atomic E-state index is 13.8. The summed E-state index contributed by atoms with van der Waals surface area (Å²) in [5.74, 6) is -1.81. The summed E-state index contributed by atoms with van der Waals surface area (Å²) in [6, 6.07) is 2.19. The number of carbonyl (C=O) groups excluding carboxylic acids is 1. The Morgan fingerprint density at radius 2 is 2.04 bits per heavy atom. The topological polar surface area (TPSA) is 67.2 Å². The van der Waals surface area contributed by atoms with Crippen LogP contribution in [0.2, 0.25) is 0 Å². The number of nitrogens with one attached hydrogen (secondary N) is 1. The van der Waals surface area contributed by atoms with Crippen molar-refractivity contribution in [3.63, 3.8) is 0 Å². The number of amides is 1. The molecule has 2 N–H and O–H groups in total. The average Bonchev–Trinajstić information content (AvgIpc) is 3.30. The van der Waals surface area contributed by atoms with E-state index < -0.39 is 17.2 Å². The van der Waals surface area contributed by atoms with Crippen LogP contribution in [0.5, 0.6) is 0 Å². The maximum absolute atomic E-state index is 13.8. The van der Waals surface area contributed by atoms with Gasteiger partial charge in [-0.05, 0) is 51.9 Å². The molecule has 2 fully saturated rings. The molecule has 2 saturated carbocycles. The van der Waals surface area contributed by atoms with Crippen LogP contribution in [0.1, 0.15) is 52.4 Å². The number of carbonyl (C=O) groups is 1. The van der Waals surface area contributed by atoms with Crippen LogP contribution in [0.3, 0.4) is 0 Å². The quantitative estimate of drug-likeness (QED) is 0.851. The Balaban J connectivity index is 1.69. The largest absolute Gasteiger partial charge is 0.389 e. The summed E-state index contributed by atoms with van der Waals surface area (Å²) >= 11 is 0. The van der Waals surface area contributed by atoms with Crippen molar-refractivity contribution < 1.29 is 18.7 Å². The fraction of sp³-hybridized carbons (Fsp3) is 0.579. The SMILES string of the molecule is CC1(n2c(NC(=O)C[C@@](C)(O)C3CC3)nc3cc(F)c(F)cc32)CCC1. The third-order valence-electron chi connectivity index (χ3n) is 5.89. The van der Waals surface area contributed by atoms with E-state index in [1.54, 1.807) is 11.5 Å². The van der Waals surface area contributed by atoms with Crippen LogP contribution < -0.4 is 5.32 Å². The summed E-state index contributed by atoms with van der Waals surface area (Å²) < 4.78 is 29.2. The number of rotatable bonds is 5. The van der Waals surface area contributed by atoms with Gasteiger partial charge in [0.2, 0.25) is 11.9 Å². The van der Waals surface area contributed by atoms with Crippen molar-refractivity contribution in [1.82, 2.24) is 9.55 Å². The van der Waals surface area contributed by atoms with Gasteiger partial charge in [-0.3, -0.25) is 10.1 Å². The zero-order valence-corrected chi connectivity index (χ0v) is 15.0. The number of aromatic nitrogens is 2. The van der Waals surface area contributed by atoms with Crippen molar-refractivity contribution in [3.05, 3.63) is 23.8 Å². The first-order valence-corrected chi connectivity index (χ1v) is 9.10. The molecule has 4 rings (SSSR count). The van der Waals surface area contributed by atoms with E-state index in [2.05, 4.69) is 10.3 Å². The Bertz CT molecular complexity index is 883. The van der Waals surface area contributed by atoms with E-state index in [9.17, 15) is 18.7 Å². The average molecular weight is 363 g/mol. The van der Waals surface area contributed by atoms with Crippen LogP contribution in [0.4, 0.5) is 14.7 Å². The van der Waals surface area contributed by atoms with Gasteiger partial charge < -0.3 is 9.67 Å². The molecule has 2 aliphatic rings.